The first-order valence-electron chi connectivity index (χ1n) is 5.99. The van der Waals surface area contributed by atoms with Gasteiger partial charge in [0.2, 0.25) is 5.91 Å². The molecule has 2 unspecified atom stereocenters. The molecular formula is C14H17NO4. The molecule has 0 bridgehead atoms. The van der Waals surface area contributed by atoms with Crippen molar-refractivity contribution in [1.29, 1.82) is 0 Å². The molecule has 0 radical (unpaired) electrons. The van der Waals surface area contributed by atoms with E-state index in [2.05, 4.69) is 5.32 Å². The van der Waals surface area contributed by atoms with Crippen molar-refractivity contribution in [2.75, 3.05) is 6.54 Å². The number of aldehydes is 1. The molecule has 0 saturated carbocycles. The van der Waals surface area contributed by atoms with E-state index in [1.54, 1.807) is 6.92 Å². The largest absolute Gasteiger partial charge is 0.452 e. The van der Waals surface area contributed by atoms with Gasteiger partial charge in [0.05, 0.1) is 12.5 Å². The Morgan fingerprint density at radius 2 is 1.95 bits per heavy atom. The smallest absolute Gasteiger partial charge is 0.313 e. The van der Waals surface area contributed by atoms with E-state index >= 15 is 0 Å². The lowest BCUT2D eigenvalue weighted by Gasteiger charge is -2.16. The van der Waals surface area contributed by atoms with E-state index < -0.39 is 18.0 Å². The van der Waals surface area contributed by atoms with Gasteiger partial charge in [-0.15, -0.1) is 0 Å². The number of carbonyl (C=O) groups excluding carboxylic acids is 3. The Hall–Kier alpha value is -2.17. The van der Waals surface area contributed by atoms with Gasteiger partial charge in [-0.25, -0.2) is 0 Å². The van der Waals surface area contributed by atoms with Crippen LogP contribution in [-0.2, 0) is 19.1 Å². The summed E-state index contributed by atoms with van der Waals surface area (Å²) in [6.45, 7) is 3.03. The normalized spacial score (nSPS) is 13.2. The zero-order valence-electron chi connectivity index (χ0n) is 11.0. The molecule has 5 nitrogen and oxygen atoms in total. The summed E-state index contributed by atoms with van der Waals surface area (Å²) in [6, 6.07) is 9.14. The van der Waals surface area contributed by atoms with Crippen molar-refractivity contribution < 1.29 is 19.1 Å². The van der Waals surface area contributed by atoms with Crippen LogP contribution in [0.4, 0.5) is 0 Å². The van der Waals surface area contributed by atoms with Crippen LogP contribution in [0.2, 0.25) is 0 Å². The monoisotopic (exact) mass is 263 g/mol. The molecule has 0 aliphatic rings. The van der Waals surface area contributed by atoms with Crippen LogP contribution in [0.3, 0.4) is 0 Å². The second kappa shape index (κ2) is 7.31. The van der Waals surface area contributed by atoms with Crippen molar-refractivity contribution in [2.24, 2.45) is 0 Å². The summed E-state index contributed by atoms with van der Waals surface area (Å²) in [5.41, 5.74) is 0.816. The number of amides is 1. The van der Waals surface area contributed by atoms with Gasteiger partial charge in [-0.2, -0.15) is 0 Å². The van der Waals surface area contributed by atoms with Crippen LogP contribution in [0.5, 0.6) is 0 Å². The molecule has 0 heterocycles. The van der Waals surface area contributed by atoms with Gasteiger partial charge in [0.25, 0.3) is 0 Å². The van der Waals surface area contributed by atoms with Crippen LogP contribution in [-0.4, -0.2) is 30.8 Å². The Morgan fingerprint density at radius 3 is 2.47 bits per heavy atom. The van der Waals surface area contributed by atoms with Crippen LogP contribution in [0.15, 0.2) is 30.3 Å². The minimum absolute atomic E-state index is 0.00785. The molecule has 1 aromatic rings. The predicted octanol–water partition coefficient (Wildman–Crippen LogP) is 1.04. The van der Waals surface area contributed by atoms with E-state index in [-0.39, 0.29) is 12.5 Å². The Balaban J connectivity index is 2.57. The van der Waals surface area contributed by atoms with Crippen LogP contribution in [0.25, 0.3) is 0 Å². The zero-order chi connectivity index (χ0) is 14.3. The van der Waals surface area contributed by atoms with Crippen molar-refractivity contribution >= 4 is 18.2 Å². The predicted molar refractivity (Wildman–Crippen MR) is 69.5 cm³/mol. The van der Waals surface area contributed by atoms with E-state index in [1.165, 1.54) is 6.92 Å². The Bertz CT molecular complexity index is 444. The van der Waals surface area contributed by atoms with Crippen LogP contribution in [0.1, 0.15) is 25.3 Å². The van der Waals surface area contributed by atoms with Crippen LogP contribution in [0, 0.1) is 0 Å². The molecule has 2 atom stereocenters. The molecule has 19 heavy (non-hydrogen) atoms. The highest BCUT2D eigenvalue weighted by molar-refractivity contribution is 5.80. The molecular weight excluding hydrogens is 246 g/mol. The van der Waals surface area contributed by atoms with E-state index in [4.69, 9.17) is 4.74 Å². The minimum Gasteiger partial charge on any atom is -0.452 e. The van der Waals surface area contributed by atoms with Gasteiger partial charge in [-0.05, 0) is 12.5 Å². The minimum atomic E-state index is -0.956. The third-order valence-electron chi connectivity index (χ3n) is 2.62. The number of hydrogen-bond donors (Lipinski definition) is 1. The van der Waals surface area contributed by atoms with Crippen LogP contribution < -0.4 is 5.32 Å². The summed E-state index contributed by atoms with van der Waals surface area (Å²) in [6.07, 6.45) is -0.450. The third kappa shape index (κ3) is 4.91. The second-order valence-corrected chi connectivity index (χ2v) is 4.18. The molecule has 102 valence electrons. The van der Waals surface area contributed by atoms with Crippen molar-refractivity contribution in [3.63, 3.8) is 0 Å². The first-order chi connectivity index (χ1) is 9.04. The van der Waals surface area contributed by atoms with Crippen LogP contribution >= 0.6 is 0 Å². The molecule has 1 aromatic carbocycles. The van der Waals surface area contributed by atoms with Gasteiger partial charge in [-0.3, -0.25) is 14.4 Å². The quantitative estimate of drug-likeness (QED) is 0.614. The van der Waals surface area contributed by atoms with E-state index in [9.17, 15) is 14.4 Å². The van der Waals surface area contributed by atoms with Crippen molar-refractivity contribution in [3.05, 3.63) is 35.9 Å². The fourth-order valence-corrected chi connectivity index (χ4v) is 1.49. The zero-order valence-corrected chi connectivity index (χ0v) is 11.0. The standard InChI is InChI=1S/C14H17NO4/c1-10(12-6-4-3-5-7-12)14(18)19-13(9-16)8-15-11(2)17/h3-7,9-10,13H,8H2,1-2H3,(H,15,17). The molecule has 0 spiro atoms. The topological polar surface area (TPSA) is 72.5 Å². The Kier molecular flexibility index (Phi) is 5.73. The maximum absolute atomic E-state index is 11.9. The maximum atomic E-state index is 11.9. The van der Waals surface area contributed by atoms with Crippen molar-refractivity contribution in [2.45, 2.75) is 25.9 Å². The number of benzene rings is 1. The molecule has 0 fully saturated rings. The van der Waals surface area contributed by atoms with E-state index in [0.717, 1.165) is 5.56 Å². The van der Waals surface area contributed by atoms with Gasteiger partial charge in [0.15, 0.2) is 12.4 Å². The molecule has 0 aliphatic carbocycles. The highest BCUT2D eigenvalue weighted by Crippen LogP contribution is 2.16. The van der Waals surface area contributed by atoms with Crippen molar-refractivity contribution in [1.82, 2.24) is 5.32 Å². The summed E-state index contributed by atoms with van der Waals surface area (Å²) in [4.78, 5) is 33.4. The lowest BCUT2D eigenvalue weighted by molar-refractivity contribution is -0.153. The summed E-state index contributed by atoms with van der Waals surface area (Å²) < 4.78 is 5.04. The van der Waals surface area contributed by atoms with E-state index in [0.29, 0.717) is 6.29 Å². The number of rotatable bonds is 6. The number of ether oxygens (including phenoxy) is 1. The average Bonchev–Trinajstić information content (AvgIpc) is 2.43. The number of carbonyl (C=O) groups is 3. The highest BCUT2D eigenvalue weighted by Gasteiger charge is 2.20. The molecule has 5 heteroatoms. The molecule has 1 amide bonds. The van der Waals surface area contributed by atoms with Gasteiger partial charge >= 0.3 is 5.97 Å². The third-order valence-corrected chi connectivity index (χ3v) is 2.62. The maximum Gasteiger partial charge on any atom is 0.313 e. The fraction of sp³-hybridized carbons (Fsp3) is 0.357. The second-order valence-electron chi connectivity index (χ2n) is 4.18. The average molecular weight is 263 g/mol. The first-order valence-corrected chi connectivity index (χ1v) is 5.99. The molecule has 0 saturated heterocycles. The molecule has 1 N–H and O–H groups in total. The first kappa shape index (κ1) is 14.9. The Labute approximate surface area is 111 Å². The summed E-state index contributed by atoms with van der Waals surface area (Å²) in [5, 5.41) is 2.43. The van der Waals surface area contributed by atoms with E-state index in [1.807, 2.05) is 30.3 Å². The number of hydrogen-bond acceptors (Lipinski definition) is 4. The number of nitrogens with one attached hydrogen (secondary N) is 1. The fourth-order valence-electron chi connectivity index (χ4n) is 1.49. The summed E-state index contributed by atoms with van der Waals surface area (Å²) in [5.74, 6) is -1.23. The van der Waals surface area contributed by atoms with Gasteiger partial charge < -0.3 is 10.1 Å². The summed E-state index contributed by atoms with van der Waals surface area (Å²) in [7, 11) is 0. The van der Waals surface area contributed by atoms with Gasteiger partial charge in [-0.1, -0.05) is 30.3 Å². The molecule has 0 aromatic heterocycles. The molecule has 0 aliphatic heterocycles. The SMILES string of the molecule is CC(=O)NCC(C=O)OC(=O)C(C)c1ccccc1. The lowest BCUT2D eigenvalue weighted by atomic mass is 10.0. The lowest BCUT2D eigenvalue weighted by Crippen LogP contribution is -2.35. The Morgan fingerprint density at radius 1 is 1.32 bits per heavy atom. The van der Waals surface area contributed by atoms with Gasteiger partial charge in [0, 0.05) is 6.92 Å². The highest BCUT2D eigenvalue weighted by atomic mass is 16.5. The molecule has 1 rings (SSSR count). The summed E-state index contributed by atoms with van der Waals surface area (Å²) >= 11 is 0. The van der Waals surface area contributed by atoms with Crippen molar-refractivity contribution in [3.8, 4) is 0 Å². The van der Waals surface area contributed by atoms with Gasteiger partial charge in [0.1, 0.15) is 0 Å². The number of esters is 1.